The van der Waals surface area contributed by atoms with E-state index < -0.39 is 10.0 Å². The van der Waals surface area contributed by atoms with Crippen LogP contribution < -0.4 is 9.62 Å². The molecule has 0 atom stereocenters. The van der Waals surface area contributed by atoms with Gasteiger partial charge in [0.05, 0.1) is 18.0 Å². The van der Waals surface area contributed by atoms with Crippen molar-refractivity contribution in [1.82, 2.24) is 14.7 Å². The van der Waals surface area contributed by atoms with Gasteiger partial charge in [-0.1, -0.05) is 6.92 Å². The van der Waals surface area contributed by atoms with Crippen molar-refractivity contribution in [3.05, 3.63) is 17.5 Å². The number of hydrogen-bond acceptors (Lipinski definition) is 5. The summed E-state index contributed by atoms with van der Waals surface area (Å²) in [7, 11) is -3.20. The highest BCUT2D eigenvalue weighted by Gasteiger charge is 2.16. The summed E-state index contributed by atoms with van der Waals surface area (Å²) in [6, 6.07) is 1.83. The molecule has 0 amide bonds. The van der Waals surface area contributed by atoms with Crippen LogP contribution >= 0.6 is 0 Å². The van der Waals surface area contributed by atoms with E-state index in [-0.39, 0.29) is 12.3 Å². The van der Waals surface area contributed by atoms with Crippen molar-refractivity contribution in [1.29, 1.82) is 0 Å². The summed E-state index contributed by atoms with van der Waals surface area (Å²) in [5.74, 6) is 0.864. The zero-order valence-electron chi connectivity index (χ0n) is 12.1. The van der Waals surface area contributed by atoms with Crippen molar-refractivity contribution in [2.75, 3.05) is 23.7 Å². The molecule has 1 N–H and O–H groups in total. The van der Waals surface area contributed by atoms with Crippen LogP contribution in [0.4, 0.5) is 5.95 Å². The van der Waals surface area contributed by atoms with E-state index in [0.29, 0.717) is 12.4 Å². The SMILES string of the molecule is CCCS(=O)(=O)NCc1cc(C)nc(N2CCCC2)n1. The molecule has 0 spiro atoms. The van der Waals surface area contributed by atoms with E-state index >= 15 is 0 Å². The van der Waals surface area contributed by atoms with Gasteiger partial charge in [0.15, 0.2) is 0 Å². The monoisotopic (exact) mass is 298 g/mol. The molecule has 2 rings (SSSR count). The molecule has 0 unspecified atom stereocenters. The van der Waals surface area contributed by atoms with Crippen molar-refractivity contribution in [3.63, 3.8) is 0 Å². The third kappa shape index (κ3) is 4.14. The number of nitrogens with one attached hydrogen (secondary N) is 1. The number of anilines is 1. The minimum absolute atomic E-state index is 0.149. The summed E-state index contributed by atoms with van der Waals surface area (Å²) >= 11 is 0. The Bertz CT molecular complexity index is 553. The predicted octanol–water partition coefficient (Wildman–Crippen LogP) is 1.21. The Morgan fingerprint density at radius 2 is 2.00 bits per heavy atom. The van der Waals surface area contributed by atoms with E-state index in [0.717, 1.165) is 37.3 Å². The quantitative estimate of drug-likeness (QED) is 0.854. The number of hydrogen-bond donors (Lipinski definition) is 1. The second-order valence-electron chi connectivity index (χ2n) is 5.13. The van der Waals surface area contributed by atoms with E-state index in [2.05, 4.69) is 19.6 Å². The highest BCUT2D eigenvalue weighted by Crippen LogP contribution is 2.16. The van der Waals surface area contributed by atoms with E-state index in [4.69, 9.17) is 0 Å². The minimum atomic E-state index is -3.20. The van der Waals surface area contributed by atoms with Gasteiger partial charge in [-0.15, -0.1) is 0 Å². The average Bonchev–Trinajstić information content (AvgIpc) is 2.90. The topological polar surface area (TPSA) is 75.2 Å². The maximum atomic E-state index is 11.7. The lowest BCUT2D eigenvalue weighted by atomic mass is 10.3. The zero-order valence-corrected chi connectivity index (χ0v) is 12.9. The van der Waals surface area contributed by atoms with E-state index in [1.807, 2.05) is 19.9 Å². The van der Waals surface area contributed by atoms with Crippen molar-refractivity contribution in [3.8, 4) is 0 Å². The number of aromatic nitrogens is 2. The van der Waals surface area contributed by atoms with Crippen LogP contribution in [0.15, 0.2) is 6.07 Å². The third-order valence-corrected chi connectivity index (χ3v) is 4.76. The van der Waals surface area contributed by atoms with E-state index in [1.165, 1.54) is 0 Å². The molecule has 0 saturated carbocycles. The van der Waals surface area contributed by atoms with Crippen LogP contribution in [0.5, 0.6) is 0 Å². The first-order chi connectivity index (χ1) is 9.50. The molecule has 20 heavy (non-hydrogen) atoms. The number of sulfonamides is 1. The van der Waals surface area contributed by atoms with Gasteiger partial charge in [0, 0.05) is 18.8 Å². The molecule has 1 fully saturated rings. The fraction of sp³-hybridized carbons (Fsp3) is 0.692. The van der Waals surface area contributed by atoms with Gasteiger partial charge in [-0.3, -0.25) is 0 Å². The van der Waals surface area contributed by atoms with E-state index in [1.54, 1.807) is 0 Å². The van der Waals surface area contributed by atoms with Crippen LogP contribution in [-0.4, -0.2) is 37.2 Å². The summed E-state index contributed by atoms with van der Waals surface area (Å²) in [5.41, 5.74) is 1.59. The normalized spacial score (nSPS) is 15.8. The maximum absolute atomic E-state index is 11.7. The molecule has 112 valence electrons. The predicted molar refractivity (Wildman–Crippen MR) is 79.1 cm³/mol. The zero-order chi connectivity index (χ0) is 14.6. The Morgan fingerprint density at radius 1 is 1.30 bits per heavy atom. The summed E-state index contributed by atoms with van der Waals surface area (Å²) in [6.45, 7) is 5.94. The van der Waals surface area contributed by atoms with Gasteiger partial charge in [0.2, 0.25) is 16.0 Å². The van der Waals surface area contributed by atoms with Crippen LogP contribution in [0.2, 0.25) is 0 Å². The van der Waals surface area contributed by atoms with Gasteiger partial charge < -0.3 is 4.90 Å². The second-order valence-corrected chi connectivity index (χ2v) is 7.06. The lowest BCUT2D eigenvalue weighted by Gasteiger charge is -2.16. The lowest BCUT2D eigenvalue weighted by molar-refractivity contribution is 0.579. The highest BCUT2D eigenvalue weighted by molar-refractivity contribution is 7.89. The first-order valence-corrected chi connectivity index (χ1v) is 8.72. The Kier molecular flexibility index (Phi) is 4.93. The Hall–Kier alpha value is -1.21. The van der Waals surface area contributed by atoms with Gasteiger partial charge in [-0.05, 0) is 32.3 Å². The summed E-state index contributed by atoms with van der Waals surface area (Å²) in [6.07, 6.45) is 2.93. The van der Waals surface area contributed by atoms with Gasteiger partial charge in [-0.2, -0.15) is 0 Å². The first-order valence-electron chi connectivity index (χ1n) is 7.07. The lowest BCUT2D eigenvalue weighted by Crippen LogP contribution is -2.27. The highest BCUT2D eigenvalue weighted by atomic mass is 32.2. The number of nitrogens with zero attached hydrogens (tertiary/aromatic N) is 3. The van der Waals surface area contributed by atoms with Crippen LogP contribution in [-0.2, 0) is 16.6 Å². The Morgan fingerprint density at radius 3 is 2.65 bits per heavy atom. The molecular weight excluding hydrogens is 276 g/mol. The Labute approximate surface area is 120 Å². The van der Waals surface area contributed by atoms with Crippen LogP contribution in [0.3, 0.4) is 0 Å². The largest absolute Gasteiger partial charge is 0.341 e. The van der Waals surface area contributed by atoms with Gasteiger partial charge in [0.1, 0.15) is 0 Å². The molecule has 7 heteroatoms. The molecule has 0 radical (unpaired) electrons. The number of rotatable bonds is 6. The molecule has 1 aliphatic rings. The summed E-state index contributed by atoms with van der Waals surface area (Å²) in [4.78, 5) is 11.1. The molecule has 1 aromatic heterocycles. The molecular formula is C13H22N4O2S. The molecule has 1 aliphatic heterocycles. The van der Waals surface area contributed by atoms with Gasteiger partial charge in [-0.25, -0.2) is 23.1 Å². The van der Waals surface area contributed by atoms with Gasteiger partial charge in [0.25, 0.3) is 0 Å². The summed E-state index contributed by atoms with van der Waals surface area (Å²) in [5, 5.41) is 0. The number of aryl methyl sites for hydroxylation is 1. The fourth-order valence-corrected chi connectivity index (χ4v) is 3.34. The van der Waals surface area contributed by atoms with Crippen molar-refractivity contribution in [2.24, 2.45) is 0 Å². The fourth-order valence-electron chi connectivity index (χ4n) is 2.29. The molecule has 2 heterocycles. The van der Waals surface area contributed by atoms with E-state index in [9.17, 15) is 8.42 Å². The van der Waals surface area contributed by atoms with Crippen molar-refractivity contribution < 1.29 is 8.42 Å². The van der Waals surface area contributed by atoms with Gasteiger partial charge >= 0.3 is 0 Å². The smallest absolute Gasteiger partial charge is 0.225 e. The summed E-state index contributed by atoms with van der Waals surface area (Å²) < 4.78 is 25.9. The molecule has 1 aromatic rings. The van der Waals surface area contributed by atoms with Crippen LogP contribution in [0.25, 0.3) is 0 Å². The maximum Gasteiger partial charge on any atom is 0.225 e. The Balaban J connectivity index is 2.08. The average molecular weight is 298 g/mol. The first kappa shape index (κ1) is 15.2. The molecule has 6 nitrogen and oxygen atoms in total. The van der Waals surface area contributed by atoms with Crippen LogP contribution in [0, 0.1) is 6.92 Å². The third-order valence-electron chi connectivity index (χ3n) is 3.23. The standard InChI is InChI=1S/C13H22N4O2S/c1-3-8-20(18,19)14-10-12-9-11(2)15-13(16-12)17-6-4-5-7-17/h9,14H,3-8,10H2,1-2H3. The minimum Gasteiger partial charge on any atom is -0.341 e. The van der Waals surface area contributed by atoms with Crippen LogP contribution in [0.1, 0.15) is 37.6 Å². The molecule has 0 bridgehead atoms. The molecule has 1 saturated heterocycles. The van der Waals surface area contributed by atoms with Crippen molar-refractivity contribution in [2.45, 2.75) is 39.7 Å². The molecule has 0 aromatic carbocycles. The molecule has 0 aliphatic carbocycles. The van der Waals surface area contributed by atoms with Crippen molar-refractivity contribution >= 4 is 16.0 Å². The second kappa shape index (κ2) is 6.49.